The molecule has 0 fully saturated rings. The Morgan fingerprint density at radius 3 is 2.50 bits per heavy atom. The Balaban J connectivity index is 2.43. The third-order valence-corrected chi connectivity index (χ3v) is 2.23. The molecule has 5 heteroatoms. The molecule has 0 saturated carbocycles. The number of rotatable bonds is 6. The molecule has 0 unspecified atom stereocenters. The van der Waals surface area contributed by atoms with Crippen LogP contribution < -0.4 is 0 Å². The van der Waals surface area contributed by atoms with Gasteiger partial charge >= 0.3 is 5.97 Å². The topological polar surface area (TPSA) is 56.9 Å². The van der Waals surface area contributed by atoms with Gasteiger partial charge in [-0.05, 0) is 33.3 Å². The average Bonchev–Trinajstić information content (AvgIpc) is 2.63. The second-order valence-corrected chi connectivity index (χ2v) is 4.11. The summed E-state index contributed by atoms with van der Waals surface area (Å²) in [6.45, 7) is 2.50. The van der Waals surface area contributed by atoms with Crippen LogP contribution in [0.15, 0.2) is 16.5 Å². The first-order chi connectivity index (χ1) is 7.49. The summed E-state index contributed by atoms with van der Waals surface area (Å²) in [5, 5.41) is 8.69. The van der Waals surface area contributed by atoms with Crippen molar-refractivity contribution >= 4 is 5.97 Å². The number of nitrogens with zero attached hydrogens (tertiary/aromatic N) is 2. The van der Waals surface area contributed by atoms with Crippen LogP contribution in [0.2, 0.25) is 0 Å². The van der Waals surface area contributed by atoms with Crippen molar-refractivity contribution in [3.8, 4) is 0 Å². The van der Waals surface area contributed by atoms with E-state index in [-0.39, 0.29) is 5.76 Å². The van der Waals surface area contributed by atoms with E-state index in [0.29, 0.717) is 12.3 Å². The van der Waals surface area contributed by atoms with Gasteiger partial charge in [0, 0.05) is 13.1 Å². The lowest BCUT2D eigenvalue weighted by atomic mass is 10.4. The van der Waals surface area contributed by atoms with Crippen molar-refractivity contribution in [2.75, 3.05) is 34.2 Å². The fraction of sp³-hybridized carbons (Fsp3) is 0.545. The Kier molecular flexibility index (Phi) is 4.52. The average molecular weight is 226 g/mol. The van der Waals surface area contributed by atoms with Crippen LogP contribution >= 0.6 is 0 Å². The second-order valence-electron chi connectivity index (χ2n) is 4.11. The Morgan fingerprint density at radius 1 is 1.31 bits per heavy atom. The highest BCUT2D eigenvalue weighted by Gasteiger charge is 2.10. The normalized spacial score (nSPS) is 11.3. The van der Waals surface area contributed by atoms with Crippen LogP contribution in [-0.4, -0.2) is 55.1 Å². The first kappa shape index (κ1) is 12.7. The van der Waals surface area contributed by atoms with Crippen LogP contribution in [0.1, 0.15) is 16.3 Å². The molecule has 1 aromatic rings. The molecule has 0 aliphatic heterocycles. The molecule has 0 aromatic carbocycles. The molecule has 0 radical (unpaired) electrons. The lowest BCUT2D eigenvalue weighted by molar-refractivity contribution is 0.0658. The highest BCUT2D eigenvalue weighted by atomic mass is 16.4. The number of hydrogen-bond acceptors (Lipinski definition) is 4. The third-order valence-electron chi connectivity index (χ3n) is 2.23. The molecule has 90 valence electrons. The predicted octanol–water partition coefficient (Wildman–Crippen LogP) is 0.971. The fourth-order valence-electron chi connectivity index (χ4n) is 1.29. The van der Waals surface area contributed by atoms with Crippen molar-refractivity contribution in [3.63, 3.8) is 0 Å². The van der Waals surface area contributed by atoms with E-state index in [1.165, 1.54) is 6.07 Å². The van der Waals surface area contributed by atoms with E-state index in [2.05, 4.69) is 9.80 Å². The summed E-state index contributed by atoms with van der Waals surface area (Å²) < 4.78 is 5.17. The number of carboxylic acids is 1. The monoisotopic (exact) mass is 226 g/mol. The molecule has 1 rings (SSSR count). The molecule has 16 heavy (non-hydrogen) atoms. The highest BCUT2D eigenvalue weighted by molar-refractivity contribution is 5.84. The largest absolute Gasteiger partial charge is 0.475 e. The van der Waals surface area contributed by atoms with Gasteiger partial charge in [0.1, 0.15) is 5.76 Å². The SMILES string of the molecule is CN(C)CCN(C)Cc1ccc(C(=O)O)o1. The zero-order valence-electron chi connectivity index (χ0n) is 9.93. The van der Waals surface area contributed by atoms with Gasteiger partial charge in [0.05, 0.1) is 6.54 Å². The maximum absolute atomic E-state index is 10.6. The van der Waals surface area contributed by atoms with Gasteiger partial charge in [-0.2, -0.15) is 0 Å². The Hall–Kier alpha value is -1.33. The summed E-state index contributed by atoms with van der Waals surface area (Å²) in [5.41, 5.74) is 0. The summed E-state index contributed by atoms with van der Waals surface area (Å²) in [4.78, 5) is 14.8. The van der Waals surface area contributed by atoms with Crippen molar-refractivity contribution in [3.05, 3.63) is 23.7 Å². The molecule has 0 saturated heterocycles. The smallest absolute Gasteiger partial charge is 0.371 e. The van der Waals surface area contributed by atoms with Gasteiger partial charge in [-0.15, -0.1) is 0 Å². The van der Waals surface area contributed by atoms with Gasteiger partial charge < -0.3 is 14.4 Å². The lowest BCUT2D eigenvalue weighted by Gasteiger charge is -2.17. The van der Waals surface area contributed by atoms with Crippen molar-refractivity contribution in [1.82, 2.24) is 9.80 Å². The Morgan fingerprint density at radius 2 is 2.00 bits per heavy atom. The molecular weight excluding hydrogens is 208 g/mol. The Bertz CT molecular complexity index is 347. The van der Waals surface area contributed by atoms with Gasteiger partial charge in [-0.3, -0.25) is 4.90 Å². The van der Waals surface area contributed by atoms with Crippen molar-refractivity contribution < 1.29 is 14.3 Å². The maximum atomic E-state index is 10.6. The highest BCUT2D eigenvalue weighted by Crippen LogP contribution is 2.09. The lowest BCUT2D eigenvalue weighted by Crippen LogP contribution is -2.28. The van der Waals surface area contributed by atoms with Crippen LogP contribution in [-0.2, 0) is 6.54 Å². The molecule has 1 heterocycles. The van der Waals surface area contributed by atoms with Gasteiger partial charge in [0.15, 0.2) is 0 Å². The van der Waals surface area contributed by atoms with Crippen LogP contribution in [0.3, 0.4) is 0 Å². The number of hydrogen-bond donors (Lipinski definition) is 1. The molecule has 0 aliphatic carbocycles. The molecule has 0 amide bonds. The fourth-order valence-corrected chi connectivity index (χ4v) is 1.29. The minimum atomic E-state index is -1.03. The first-order valence-corrected chi connectivity index (χ1v) is 5.14. The Labute approximate surface area is 95.3 Å². The van der Waals surface area contributed by atoms with E-state index in [4.69, 9.17) is 9.52 Å². The van der Waals surface area contributed by atoms with Crippen LogP contribution in [0.4, 0.5) is 0 Å². The molecule has 1 aromatic heterocycles. The van der Waals surface area contributed by atoms with E-state index < -0.39 is 5.97 Å². The second kappa shape index (κ2) is 5.67. The molecule has 0 aliphatic rings. The summed E-state index contributed by atoms with van der Waals surface area (Å²) in [5.74, 6) is -0.350. The van der Waals surface area contributed by atoms with E-state index in [1.54, 1.807) is 6.07 Å². The molecule has 1 N–H and O–H groups in total. The number of carbonyl (C=O) groups is 1. The zero-order chi connectivity index (χ0) is 12.1. The quantitative estimate of drug-likeness (QED) is 0.783. The van der Waals surface area contributed by atoms with E-state index in [0.717, 1.165) is 13.1 Å². The van der Waals surface area contributed by atoms with Gasteiger partial charge in [0.2, 0.25) is 5.76 Å². The van der Waals surface area contributed by atoms with Crippen LogP contribution in [0.25, 0.3) is 0 Å². The van der Waals surface area contributed by atoms with Crippen molar-refractivity contribution in [2.45, 2.75) is 6.54 Å². The molecular formula is C11H18N2O3. The van der Waals surface area contributed by atoms with Crippen LogP contribution in [0.5, 0.6) is 0 Å². The predicted molar refractivity (Wildman–Crippen MR) is 60.6 cm³/mol. The summed E-state index contributed by atoms with van der Waals surface area (Å²) >= 11 is 0. The maximum Gasteiger partial charge on any atom is 0.371 e. The molecule has 5 nitrogen and oxygen atoms in total. The summed E-state index contributed by atoms with van der Waals surface area (Å²) in [7, 11) is 6.01. The minimum Gasteiger partial charge on any atom is -0.475 e. The van der Waals surface area contributed by atoms with Crippen molar-refractivity contribution in [1.29, 1.82) is 0 Å². The minimum absolute atomic E-state index is 0.00369. The third kappa shape index (κ3) is 4.04. The molecule has 0 spiro atoms. The number of furan rings is 1. The standard InChI is InChI=1S/C11H18N2O3/c1-12(2)6-7-13(3)8-9-4-5-10(16-9)11(14)15/h4-5H,6-8H2,1-3H3,(H,14,15). The summed E-state index contributed by atoms with van der Waals surface area (Å²) in [6, 6.07) is 3.19. The van der Waals surface area contributed by atoms with Gasteiger partial charge in [-0.1, -0.05) is 0 Å². The molecule has 0 bridgehead atoms. The van der Waals surface area contributed by atoms with Crippen LogP contribution in [0, 0.1) is 0 Å². The van der Waals surface area contributed by atoms with E-state index in [1.807, 2.05) is 21.1 Å². The first-order valence-electron chi connectivity index (χ1n) is 5.14. The van der Waals surface area contributed by atoms with Gasteiger partial charge in [0.25, 0.3) is 0 Å². The number of likely N-dealkylation sites (N-methyl/N-ethyl adjacent to an activating group) is 2. The van der Waals surface area contributed by atoms with E-state index >= 15 is 0 Å². The van der Waals surface area contributed by atoms with Gasteiger partial charge in [-0.25, -0.2) is 4.79 Å². The number of aromatic carboxylic acids is 1. The molecule has 0 atom stereocenters. The number of carboxylic acid groups (broad SMARTS) is 1. The van der Waals surface area contributed by atoms with Crippen molar-refractivity contribution in [2.24, 2.45) is 0 Å². The zero-order valence-corrected chi connectivity index (χ0v) is 9.93. The summed E-state index contributed by atoms with van der Waals surface area (Å²) in [6.07, 6.45) is 0. The van der Waals surface area contributed by atoms with E-state index in [9.17, 15) is 4.79 Å².